The molecule has 0 radical (unpaired) electrons. The Morgan fingerprint density at radius 3 is 2.39 bits per heavy atom. The van der Waals surface area contributed by atoms with E-state index in [0.29, 0.717) is 17.1 Å². The number of hydrogen-bond donors (Lipinski definition) is 0. The second kappa shape index (κ2) is 6.24. The molecular formula is C22H18N4O2. The number of nitrogens with zero attached hydrogens (tertiary/aromatic N) is 4. The molecule has 6 nitrogen and oxygen atoms in total. The zero-order valence-corrected chi connectivity index (χ0v) is 15.6. The van der Waals surface area contributed by atoms with Gasteiger partial charge in [-0.15, -0.1) is 0 Å². The van der Waals surface area contributed by atoms with E-state index in [9.17, 15) is 9.59 Å². The summed E-state index contributed by atoms with van der Waals surface area (Å²) in [4.78, 5) is 40.2. The number of carbonyl (C=O) groups is 2. The van der Waals surface area contributed by atoms with Crippen LogP contribution in [-0.2, 0) is 15.0 Å². The number of anilines is 1. The van der Waals surface area contributed by atoms with Gasteiger partial charge in [0.15, 0.2) is 5.78 Å². The second-order valence-electron chi connectivity index (χ2n) is 7.35. The highest BCUT2D eigenvalue weighted by Crippen LogP contribution is 2.52. The first-order valence-corrected chi connectivity index (χ1v) is 8.93. The van der Waals surface area contributed by atoms with Crippen molar-refractivity contribution in [1.82, 2.24) is 9.97 Å². The van der Waals surface area contributed by atoms with Gasteiger partial charge >= 0.3 is 0 Å². The lowest BCUT2D eigenvalue weighted by atomic mass is 9.57. The molecule has 2 aromatic rings. The lowest BCUT2D eigenvalue weighted by molar-refractivity contribution is -0.125. The first-order chi connectivity index (χ1) is 13.4. The van der Waals surface area contributed by atoms with Gasteiger partial charge in [-0.2, -0.15) is 0 Å². The van der Waals surface area contributed by atoms with Gasteiger partial charge in [0.05, 0.1) is 6.57 Å². The van der Waals surface area contributed by atoms with Gasteiger partial charge < -0.3 is 4.79 Å². The average Bonchev–Trinajstić information content (AvgIpc) is 2.73. The molecule has 138 valence electrons. The molecule has 1 aromatic carbocycles. The van der Waals surface area contributed by atoms with Crippen molar-refractivity contribution in [2.45, 2.75) is 19.3 Å². The van der Waals surface area contributed by atoms with Crippen LogP contribution in [0.1, 0.15) is 19.4 Å². The molecule has 0 saturated heterocycles. The van der Waals surface area contributed by atoms with Gasteiger partial charge in [-0.05, 0) is 17.2 Å². The Hall–Kier alpha value is -3.59. The summed E-state index contributed by atoms with van der Waals surface area (Å²) in [6.45, 7) is 11.3. The molecule has 2 aliphatic rings. The van der Waals surface area contributed by atoms with Crippen molar-refractivity contribution in [3.05, 3.63) is 89.2 Å². The Labute approximate surface area is 163 Å². The topological polar surface area (TPSA) is 67.5 Å². The van der Waals surface area contributed by atoms with E-state index in [4.69, 9.17) is 6.57 Å². The number of allylic oxidation sites excluding steroid dienone is 1. The number of hydrogen-bond acceptors (Lipinski definition) is 4. The molecule has 4 rings (SSSR count). The number of benzene rings is 1. The predicted octanol–water partition coefficient (Wildman–Crippen LogP) is 3.10. The molecule has 1 amide bonds. The molecule has 0 bridgehead atoms. The first-order valence-electron chi connectivity index (χ1n) is 8.93. The van der Waals surface area contributed by atoms with Crippen LogP contribution in [0.25, 0.3) is 4.85 Å². The molecule has 6 heteroatoms. The number of carbonyl (C=O) groups excluding carboxylic acids is 2. The van der Waals surface area contributed by atoms with Gasteiger partial charge in [-0.25, -0.2) is 14.8 Å². The van der Waals surface area contributed by atoms with Crippen LogP contribution in [0.3, 0.4) is 0 Å². The van der Waals surface area contributed by atoms with E-state index in [-0.39, 0.29) is 23.9 Å². The monoisotopic (exact) mass is 370 g/mol. The van der Waals surface area contributed by atoms with Crippen LogP contribution in [0.15, 0.2) is 72.2 Å². The van der Waals surface area contributed by atoms with Gasteiger partial charge in [-0.1, -0.05) is 56.3 Å². The van der Waals surface area contributed by atoms with Crippen LogP contribution in [-0.4, -0.2) is 28.2 Å². The standard InChI is InChI=1S/C22H18N4O2/c1-21(2)17-10-13-26(20-24-11-7-12-25-20)19(28)22(17,14-16(23-3)18(21)27)15-8-5-4-6-9-15/h4-12,14H,13H2,1-2H3/t22-/m0/s1. The van der Waals surface area contributed by atoms with E-state index < -0.39 is 10.8 Å². The molecule has 0 fully saturated rings. The number of aromatic nitrogens is 2. The third-order valence-electron chi connectivity index (χ3n) is 5.46. The lowest BCUT2D eigenvalue weighted by Crippen LogP contribution is -2.57. The molecule has 0 spiro atoms. The summed E-state index contributed by atoms with van der Waals surface area (Å²) >= 11 is 0. The van der Waals surface area contributed by atoms with Crippen LogP contribution in [0, 0.1) is 12.0 Å². The lowest BCUT2D eigenvalue weighted by Gasteiger charge is -2.48. The molecule has 0 saturated carbocycles. The van der Waals surface area contributed by atoms with E-state index >= 15 is 0 Å². The maximum Gasteiger partial charge on any atom is 0.247 e. The third kappa shape index (κ3) is 2.33. The zero-order chi connectivity index (χ0) is 19.9. The van der Waals surface area contributed by atoms with Gasteiger partial charge in [0.1, 0.15) is 5.41 Å². The Balaban J connectivity index is 2.03. The smallest absolute Gasteiger partial charge is 0.247 e. The summed E-state index contributed by atoms with van der Waals surface area (Å²) in [6, 6.07) is 11.0. The van der Waals surface area contributed by atoms with Crippen molar-refractivity contribution in [2.24, 2.45) is 5.41 Å². The van der Waals surface area contributed by atoms with E-state index in [1.54, 1.807) is 32.3 Å². The summed E-state index contributed by atoms with van der Waals surface area (Å²) in [7, 11) is 0. The number of amides is 1. The Kier molecular flexibility index (Phi) is 3.97. The minimum atomic E-state index is -1.24. The van der Waals surface area contributed by atoms with Gasteiger partial charge in [0.25, 0.3) is 0 Å². The molecule has 1 atom stereocenters. The molecule has 1 aromatic heterocycles. The highest BCUT2D eigenvalue weighted by atomic mass is 16.2. The Bertz CT molecular complexity index is 1060. The summed E-state index contributed by atoms with van der Waals surface area (Å²) < 4.78 is 0. The number of rotatable bonds is 2. The SMILES string of the molecule is [C-]#[N+]C1=C[C@@]2(c3ccccc3)C(=O)N(c3ncccn3)CC=C2C(C)(C)C1=O. The van der Waals surface area contributed by atoms with Crippen molar-refractivity contribution in [3.8, 4) is 0 Å². The van der Waals surface area contributed by atoms with Gasteiger partial charge in [0.2, 0.25) is 17.6 Å². The normalized spacial score (nSPS) is 23.4. The molecular weight excluding hydrogens is 352 g/mol. The van der Waals surface area contributed by atoms with Crippen LogP contribution in [0.2, 0.25) is 0 Å². The minimum Gasteiger partial charge on any atom is -0.307 e. The Morgan fingerprint density at radius 1 is 1.07 bits per heavy atom. The zero-order valence-electron chi connectivity index (χ0n) is 15.6. The fourth-order valence-electron chi connectivity index (χ4n) is 4.10. The largest absolute Gasteiger partial charge is 0.307 e. The molecule has 0 N–H and O–H groups in total. The quantitative estimate of drug-likeness (QED) is 0.602. The van der Waals surface area contributed by atoms with Crippen LogP contribution >= 0.6 is 0 Å². The molecule has 28 heavy (non-hydrogen) atoms. The average molecular weight is 370 g/mol. The highest BCUT2D eigenvalue weighted by molar-refractivity contribution is 6.14. The first kappa shape index (κ1) is 17.8. The van der Waals surface area contributed by atoms with Gasteiger partial charge in [0, 0.05) is 24.4 Å². The maximum absolute atomic E-state index is 13.9. The van der Waals surface area contributed by atoms with E-state index in [2.05, 4.69) is 14.8 Å². The van der Waals surface area contributed by atoms with E-state index in [1.165, 1.54) is 11.0 Å². The molecule has 2 heterocycles. The highest BCUT2D eigenvalue weighted by Gasteiger charge is 2.57. The van der Waals surface area contributed by atoms with Crippen molar-refractivity contribution in [1.29, 1.82) is 0 Å². The minimum absolute atomic E-state index is 0.0183. The van der Waals surface area contributed by atoms with Crippen LogP contribution in [0.4, 0.5) is 5.95 Å². The molecule has 0 unspecified atom stereocenters. The summed E-state index contributed by atoms with van der Waals surface area (Å²) in [5, 5.41) is 0. The summed E-state index contributed by atoms with van der Waals surface area (Å²) in [5.41, 5.74) is -0.815. The fraction of sp³-hybridized carbons (Fsp3) is 0.227. The molecule has 1 aliphatic heterocycles. The van der Waals surface area contributed by atoms with Crippen molar-refractivity contribution >= 4 is 17.6 Å². The summed E-state index contributed by atoms with van der Waals surface area (Å²) in [6.07, 6.45) is 6.59. The molecule has 1 aliphatic carbocycles. The van der Waals surface area contributed by atoms with Crippen LogP contribution in [0.5, 0.6) is 0 Å². The van der Waals surface area contributed by atoms with Crippen molar-refractivity contribution < 1.29 is 9.59 Å². The van der Waals surface area contributed by atoms with E-state index in [1.807, 2.05) is 36.4 Å². The number of Topliss-reactive ketones (excluding diaryl/α,β-unsaturated/α-hetero) is 1. The van der Waals surface area contributed by atoms with E-state index in [0.717, 1.165) is 0 Å². The van der Waals surface area contributed by atoms with Crippen LogP contribution < -0.4 is 4.90 Å². The fourth-order valence-corrected chi connectivity index (χ4v) is 4.10. The van der Waals surface area contributed by atoms with Gasteiger partial charge in [-0.3, -0.25) is 9.69 Å². The number of ketones is 1. The number of fused-ring (bicyclic) bond motifs is 1. The maximum atomic E-state index is 13.9. The van der Waals surface area contributed by atoms with Crippen molar-refractivity contribution in [3.63, 3.8) is 0 Å². The van der Waals surface area contributed by atoms with Crippen molar-refractivity contribution in [2.75, 3.05) is 11.4 Å². The Morgan fingerprint density at radius 2 is 1.75 bits per heavy atom. The third-order valence-corrected chi connectivity index (χ3v) is 5.46. The summed E-state index contributed by atoms with van der Waals surface area (Å²) in [5.74, 6) is -0.229. The second-order valence-corrected chi connectivity index (χ2v) is 7.35. The predicted molar refractivity (Wildman–Crippen MR) is 104 cm³/mol.